The van der Waals surface area contributed by atoms with Gasteiger partial charge in [-0.1, -0.05) is 24.8 Å². The summed E-state index contributed by atoms with van der Waals surface area (Å²) in [5, 5.41) is 0. The lowest BCUT2D eigenvalue weighted by molar-refractivity contribution is 1.21. The second-order valence-corrected chi connectivity index (χ2v) is 3.12. The minimum absolute atomic E-state index is 0.749. The number of rotatable bonds is 0. The fourth-order valence-electron chi connectivity index (χ4n) is 1.16. The highest BCUT2D eigenvalue weighted by molar-refractivity contribution is 7.19. The summed E-state index contributed by atoms with van der Waals surface area (Å²) in [5.74, 6) is 0.749. The van der Waals surface area contributed by atoms with E-state index >= 15 is 0 Å². The van der Waals surface area contributed by atoms with Crippen molar-refractivity contribution in [1.82, 2.24) is 0 Å². The van der Waals surface area contributed by atoms with E-state index in [1.54, 1.807) is 0 Å². The Morgan fingerprint density at radius 1 is 1.33 bits per heavy atom. The molecule has 2 rings (SSSR count). The highest BCUT2D eigenvalue weighted by Gasteiger charge is 2.11. The summed E-state index contributed by atoms with van der Waals surface area (Å²) in [4.78, 5) is 4.14. The Morgan fingerprint density at radius 3 is 2.92 bits per heavy atom. The molecule has 0 amide bonds. The Balaban J connectivity index is 2.59. The average Bonchev–Trinajstić information content (AvgIpc) is 2.12. The van der Waals surface area contributed by atoms with Crippen molar-refractivity contribution in [3.63, 3.8) is 0 Å². The Kier molecular flexibility index (Phi) is 1.70. The Bertz CT molecular complexity index is 357. The maximum absolute atomic E-state index is 4.14. The fourth-order valence-corrected chi connectivity index (χ4v) is 1.46. The van der Waals surface area contributed by atoms with Crippen molar-refractivity contribution in [2.75, 3.05) is 4.67 Å². The Hall–Kier alpha value is -1.14. The molecule has 1 aliphatic heterocycles. The first-order chi connectivity index (χ1) is 5.79. The largest absolute Gasteiger partial charge is 0.311 e. The van der Waals surface area contributed by atoms with Gasteiger partial charge in [-0.3, -0.25) is 0 Å². The van der Waals surface area contributed by atoms with Crippen molar-refractivity contribution in [2.45, 2.75) is 0 Å². The van der Waals surface area contributed by atoms with E-state index in [4.69, 9.17) is 0 Å². The SMILES string of the molecule is C=C1N=Cc2ccccc2N1P. The van der Waals surface area contributed by atoms with Gasteiger partial charge in [0.2, 0.25) is 0 Å². The van der Waals surface area contributed by atoms with E-state index in [0.29, 0.717) is 0 Å². The number of fused-ring (bicyclic) bond motifs is 1. The van der Waals surface area contributed by atoms with E-state index in [1.165, 1.54) is 0 Å². The van der Waals surface area contributed by atoms with Gasteiger partial charge in [-0.05, 0) is 15.5 Å². The number of aliphatic imine (C=N–C) groups is 1. The van der Waals surface area contributed by atoms with Crippen molar-refractivity contribution in [1.29, 1.82) is 0 Å². The van der Waals surface area contributed by atoms with Gasteiger partial charge in [-0.2, -0.15) is 0 Å². The van der Waals surface area contributed by atoms with E-state index in [9.17, 15) is 0 Å². The summed E-state index contributed by atoms with van der Waals surface area (Å²) in [7, 11) is 2.59. The Morgan fingerprint density at radius 2 is 2.08 bits per heavy atom. The minimum atomic E-state index is 0.749. The van der Waals surface area contributed by atoms with E-state index in [1.807, 2.05) is 35.2 Å². The summed E-state index contributed by atoms with van der Waals surface area (Å²) in [6, 6.07) is 8.07. The topological polar surface area (TPSA) is 15.6 Å². The summed E-state index contributed by atoms with van der Waals surface area (Å²) in [6.07, 6.45) is 1.83. The van der Waals surface area contributed by atoms with Crippen molar-refractivity contribution in [2.24, 2.45) is 4.99 Å². The van der Waals surface area contributed by atoms with Crippen LogP contribution in [-0.4, -0.2) is 6.21 Å². The molecule has 3 heteroatoms. The highest BCUT2D eigenvalue weighted by atomic mass is 31.0. The quantitative estimate of drug-likeness (QED) is 0.553. The van der Waals surface area contributed by atoms with Crippen LogP contribution in [0.2, 0.25) is 0 Å². The molecule has 0 spiro atoms. The lowest BCUT2D eigenvalue weighted by Gasteiger charge is -2.23. The zero-order valence-electron chi connectivity index (χ0n) is 6.57. The molecule has 0 saturated carbocycles. The molecule has 2 nitrogen and oxygen atoms in total. The van der Waals surface area contributed by atoms with Crippen LogP contribution in [0.1, 0.15) is 5.56 Å². The first kappa shape index (κ1) is 7.51. The van der Waals surface area contributed by atoms with E-state index < -0.39 is 0 Å². The predicted octanol–water partition coefficient (Wildman–Crippen LogP) is 2.19. The second-order valence-electron chi connectivity index (χ2n) is 2.60. The predicted molar refractivity (Wildman–Crippen MR) is 55.4 cm³/mol. The maximum Gasteiger partial charge on any atom is 0.128 e. The van der Waals surface area contributed by atoms with Crippen molar-refractivity contribution in [3.8, 4) is 0 Å². The van der Waals surface area contributed by atoms with Gasteiger partial charge in [-0.15, -0.1) is 0 Å². The summed E-state index contributed by atoms with van der Waals surface area (Å²) in [6.45, 7) is 3.80. The molecule has 0 saturated heterocycles. The number of anilines is 1. The molecule has 1 atom stereocenters. The van der Waals surface area contributed by atoms with Crippen molar-refractivity contribution >= 4 is 21.3 Å². The third-order valence-electron chi connectivity index (χ3n) is 1.83. The van der Waals surface area contributed by atoms with Crippen LogP contribution in [0.5, 0.6) is 0 Å². The average molecular weight is 176 g/mol. The first-order valence-electron chi connectivity index (χ1n) is 3.66. The third kappa shape index (κ3) is 1.05. The maximum atomic E-state index is 4.14. The van der Waals surface area contributed by atoms with Crippen molar-refractivity contribution in [3.05, 3.63) is 42.2 Å². The van der Waals surface area contributed by atoms with Crippen LogP contribution < -0.4 is 4.67 Å². The zero-order chi connectivity index (χ0) is 8.55. The normalized spacial score (nSPS) is 14.8. The number of para-hydroxylation sites is 1. The minimum Gasteiger partial charge on any atom is -0.311 e. The monoisotopic (exact) mass is 176 g/mol. The molecule has 12 heavy (non-hydrogen) atoms. The molecule has 0 bridgehead atoms. The van der Waals surface area contributed by atoms with Gasteiger partial charge in [0.15, 0.2) is 0 Å². The molecular formula is C9H9N2P. The molecule has 1 unspecified atom stereocenters. The van der Waals surface area contributed by atoms with Crippen LogP contribution >= 0.6 is 9.39 Å². The molecule has 0 N–H and O–H groups in total. The number of nitrogens with zero attached hydrogens (tertiary/aromatic N) is 2. The molecule has 0 radical (unpaired) electrons. The van der Waals surface area contributed by atoms with Crippen LogP contribution in [0.25, 0.3) is 0 Å². The van der Waals surface area contributed by atoms with Gasteiger partial charge in [0, 0.05) is 11.8 Å². The van der Waals surface area contributed by atoms with Crippen molar-refractivity contribution < 1.29 is 0 Å². The van der Waals surface area contributed by atoms with Crippen LogP contribution in [0.3, 0.4) is 0 Å². The third-order valence-corrected chi connectivity index (χ3v) is 2.40. The van der Waals surface area contributed by atoms with Crippen LogP contribution in [0.4, 0.5) is 5.69 Å². The first-order valence-corrected chi connectivity index (χ1v) is 4.17. The Labute approximate surface area is 73.9 Å². The van der Waals surface area contributed by atoms with Gasteiger partial charge in [0.05, 0.1) is 5.69 Å². The highest BCUT2D eigenvalue weighted by Crippen LogP contribution is 2.29. The smallest absolute Gasteiger partial charge is 0.128 e. The zero-order valence-corrected chi connectivity index (χ0v) is 7.72. The summed E-state index contributed by atoms with van der Waals surface area (Å²) >= 11 is 0. The van der Waals surface area contributed by atoms with E-state index in [-0.39, 0.29) is 0 Å². The molecule has 0 fully saturated rings. The summed E-state index contributed by atoms with van der Waals surface area (Å²) in [5.41, 5.74) is 2.25. The molecule has 1 aromatic carbocycles. The number of benzene rings is 1. The van der Waals surface area contributed by atoms with Crippen LogP contribution in [-0.2, 0) is 0 Å². The van der Waals surface area contributed by atoms with Crippen LogP contribution in [0, 0.1) is 0 Å². The standard InChI is InChI=1S/C9H9N2P/c1-7-10-6-8-4-2-3-5-9(8)11(7)12/h2-6H,1,12H2. The van der Waals surface area contributed by atoms with Gasteiger partial charge >= 0.3 is 0 Å². The molecule has 0 aliphatic carbocycles. The fraction of sp³-hybridized carbons (Fsp3) is 0. The van der Waals surface area contributed by atoms with Gasteiger partial charge in [-0.25, -0.2) is 4.99 Å². The van der Waals surface area contributed by atoms with E-state index in [0.717, 1.165) is 17.1 Å². The number of hydrogen-bond acceptors (Lipinski definition) is 2. The summed E-state index contributed by atoms with van der Waals surface area (Å²) < 4.78 is 1.90. The second kappa shape index (κ2) is 2.72. The molecular weight excluding hydrogens is 167 g/mol. The van der Waals surface area contributed by atoms with Gasteiger partial charge in [0.25, 0.3) is 0 Å². The lowest BCUT2D eigenvalue weighted by Crippen LogP contribution is -2.12. The molecule has 1 aliphatic rings. The molecule has 1 heterocycles. The van der Waals surface area contributed by atoms with E-state index in [2.05, 4.69) is 21.0 Å². The lowest BCUT2D eigenvalue weighted by atomic mass is 10.2. The number of hydrogen-bond donors (Lipinski definition) is 0. The van der Waals surface area contributed by atoms with Crippen LogP contribution in [0.15, 0.2) is 41.7 Å². The molecule has 60 valence electrons. The van der Waals surface area contributed by atoms with Gasteiger partial charge < -0.3 is 4.67 Å². The molecule has 0 aromatic heterocycles. The van der Waals surface area contributed by atoms with Gasteiger partial charge in [0.1, 0.15) is 5.82 Å². The molecule has 1 aromatic rings.